The van der Waals surface area contributed by atoms with Gasteiger partial charge in [-0.3, -0.25) is 0 Å². The summed E-state index contributed by atoms with van der Waals surface area (Å²) in [7, 11) is 0. The Bertz CT molecular complexity index is 862. The van der Waals surface area contributed by atoms with Gasteiger partial charge in [0.1, 0.15) is 11.8 Å². The second-order valence-electron chi connectivity index (χ2n) is 7.24. The van der Waals surface area contributed by atoms with E-state index in [9.17, 15) is 8.78 Å². The molecule has 1 aromatic carbocycles. The maximum Gasteiger partial charge on any atom is 0.320 e. The van der Waals surface area contributed by atoms with Crippen LogP contribution in [0.4, 0.5) is 26.1 Å². The van der Waals surface area contributed by atoms with Crippen molar-refractivity contribution in [3.05, 3.63) is 34.9 Å². The summed E-state index contributed by atoms with van der Waals surface area (Å²) in [6.07, 6.45) is 2.81. The molecule has 1 saturated carbocycles. The van der Waals surface area contributed by atoms with Crippen molar-refractivity contribution in [1.82, 2.24) is 9.97 Å². The zero-order valence-electron chi connectivity index (χ0n) is 15.3. The predicted molar refractivity (Wildman–Crippen MR) is 105 cm³/mol. The highest BCUT2D eigenvalue weighted by Crippen LogP contribution is 2.37. The zero-order valence-corrected chi connectivity index (χ0v) is 16.1. The normalized spacial score (nSPS) is 18.8. The van der Waals surface area contributed by atoms with Crippen molar-refractivity contribution in [2.24, 2.45) is 0 Å². The maximum absolute atomic E-state index is 13.7. The van der Waals surface area contributed by atoms with Crippen molar-refractivity contribution in [1.29, 1.82) is 0 Å². The Balaban J connectivity index is 1.61. The first-order valence-electron chi connectivity index (χ1n) is 9.35. The second kappa shape index (κ2) is 7.58. The number of ether oxygens (including phenoxy) is 1. The van der Waals surface area contributed by atoms with E-state index in [0.717, 1.165) is 24.8 Å². The highest BCUT2D eigenvalue weighted by molar-refractivity contribution is 6.31. The van der Waals surface area contributed by atoms with Gasteiger partial charge in [0.25, 0.3) is 5.92 Å². The fraction of sp³-hybridized carbons (Fsp3) is 0.474. The molecular weight excluding hydrogens is 388 g/mol. The highest BCUT2D eigenvalue weighted by Gasteiger charge is 2.40. The molecule has 150 valence electrons. The number of aromatic nitrogens is 2. The summed E-state index contributed by atoms with van der Waals surface area (Å²) in [4.78, 5) is 10.2. The molecule has 0 radical (unpaired) electrons. The van der Waals surface area contributed by atoms with E-state index in [-0.39, 0.29) is 36.6 Å². The van der Waals surface area contributed by atoms with E-state index in [1.807, 2.05) is 18.2 Å². The van der Waals surface area contributed by atoms with Crippen molar-refractivity contribution in [3.8, 4) is 6.01 Å². The summed E-state index contributed by atoms with van der Waals surface area (Å²) in [5, 5.41) is 3.77. The highest BCUT2D eigenvalue weighted by atomic mass is 35.5. The summed E-state index contributed by atoms with van der Waals surface area (Å²) in [6.45, 7) is 0.154. The lowest BCUT2D eigenvalue weighted by Crippen LogP contribution is -2.29. The first kappa shape index (κ1) is 19.0. The van der Waals surface area contributed by atoms with Crippen LogP contribution in [0.2, 0.25) is 5.02 Å². The molecular formula is C19H22ClF2N5O. The van der Waals surface area contributed by atoms with Gasteiger partial charge >= 0.3 is 6.01 Å². The van der Waals surface area contributed by atoms with Crippen LogP contribution in [0.25, 0.3) is 0 Å². The van der Waals surface area contributed by atoms with Crippen molar-refractivity contribution in [2.45, 2.75) is 44.3 Å². The van der Waals surface area contributed by atoms with Crippen LogP contribution in [0.15, 0.2) is 24.3 Å². The zero-order chi connectivity index (χ0) is 19.7. The Labute approximate surface area is 167 Å². The molecule has 1 aliphatic carbocycles. The van der Waals surface area contributed by atoms with Gasteiger partial charge in [-0.1, -0.05) is 29.8 Å². The van der Waals surface area contributed by atoms with E-state index in [1.54, 1.807) is 6.07 Å². The van der Waals surface area contributed by atoms with Crippen LogP contribution in [0, 0.1) is 0 Å². The number of rotatable bonds is 6. The molecule has 1 saturated heterocycles. The summed E-state index contributed by atoms with van der Waals surface area (Å²) in [5.41, 5.74) is 7.34. The van der Waals surface area contributed by atoms with Crippen molar-refractivity contribution >= 4 is 28.9 Å². The van der Waals surface area contributed by atoms with Gasteiger partial charge in [0, 0.05) is 24.5 Å². The molecule has 2 aliphatic rings. The lowest BCUT2D eigenvalue weighted by Gasteiger charge is -2.27. The fourth-order valence-corrected chi connectivity index (χ4v) is 3.44. The Morgan fingerprint density at radius 2 is 2.07 bits per heavy atom. The molecule has 0 bridgehead atoms. The largest absolute Gasteiger partial charge is 0.460 e. The molecule has 0 amide bonds. The smallest absolute Gasteiger partial charge is 0.320 e. The van der Waals surface area contributed by atoms with Crippen LogP contribution >= 0.6 is 11.6 Å². The van der Waals surface area contributed by atoms with Gasteiger partial charge < -0.3 is 20.7 Å². The van der Waals surface area contributed by atoms with Gasteiger partial charge in [-0.2, -0.15) is 9.97 Å². The van der Waals surface area contributed by atoms with Crippen LogP contribution < -0.4 is 20.7 Å². The third kappa shape index (κ3) is 4.06. The molecule has 28 heavy (non-hydrogen) atoms. The molecule has 3 N–H and O–H groups in total. The monoisotopic (exact) mass is 409 g/mol. The van der Waals surface area contributed by atoms with E-state index in [1.165, 1.54) is 4.90 Å². The average molecular weight is 410 g/mol. The van der Waals surface area contributed by atoms with Crippen LogP contribution in [-0.4, -0.2) is 35.1 Å². The van der Waals surface area contributed by atoms with E-state index >= 15 is 0 Å². The summed E-state index contributed by atoms with van der Waals surface area (Å²) in [5.74, 6) is -2.12. The third-order valence-electron chi connectivity index (χ3n) is 5.10. The standard InChI is InChI=1S/C19H22ClF2N5O/c20-14-7-2-1-4-12(14)10-24-16-15(23)17(27-9-8-19(21,22)11-27)26-18(25-16)28-13-5-3-6-13/h1-2,4,7,13H,3,5-6,8-11,23H2,(H,24,25,26). The molecule has 1 aromatic heterocycles. The molecule has 4 rings (SSSR count). The van der Waals surface area contributed by atoms with Gasteiger partial charge in [0.2, 0.25) is 0 Å². The first-order valence-corrected chi connectivity index (χ1v) is 9.73. The van der Waals surface area contributed by atoms with E-state index in [4.69, 9.17) is 22.1 Å². The number of nitrogens with one attached hydrogen (secondary N) is 1. The lowest BCUT2D eigenvalue weighted by molar-refractivity contribution is 0.0256. The van der Waals surface area contributed by atoms with Crippen LogP contribution in [0.1, 0.15) is 31.2 Å². The van der Waals surface area contributed by atoms with Crippen LogP contribution in [0.5, 0.6) is 6.01 Å². The topological polar surface area (TPSA) is 76.3 Å². The Morgan fingerprint density at radius 3 is 2.71 bits per heavy atom. The molecule has 1 aliphatic heterocycles. The average Bonchev–Trinajstić information content (AvgIpc) is 2.99. The third-order valence-corrected chi connectivity index (χ3v) is 5.47. The first-order chi connectivity index (χ1) is 13.4. The lowest BCUT2D eigenvalue weighted by atomic mass is 9.96. The van der Waals surface area contributed by atoms with Gasteiger partial charge in [0.05, 0.1) is 6.54 Å². The molecule has 0 unspecified atom stereocenters. The van der Waals surface area contributed by atoms with Gasteiger partial charge in [-0.25, -0.2) is 8.78 Å². The van der Waals surface area contributed by atoms with Gasteiger partial charge in [-0.05, 0) is 30.9 Å². The molecule has 2 fully saturated rings. The number of nitrogen functional groups attached to an aromatic ring is 1. The van der Waals surface area contributed by atoms with E-state index in [0.29, 0.717) is 17.4 Å². The van der Waals surface area contributed by atoms with Crippen molar-refractivity contribution < 1.29 is 13.5 Å². The minimum Gasteiger partial charge on any atom is -0.460 e. The molecule has 9 heteroatoms. The quantitative estimate of drug-likeness (QED) is 0.748. The predicted octanol–water partition coefficient (Wildman–Crippen LogP) is 4.10. The fourth-order valence-electron chi connectivity index (χ4n) is 3.24. The number of hydrogen-bond donors (Lipinski definition) is 2. The van der Waals surface area contributed by atoms with E-state index < -0.39 is 12.5 Å². The molecule has 0 spiro atoms. The Kier molecular flexibility index (Phi) is 5.14. The Hall–Kier alpha value is -2.35. The van der Waals surface area contributed by atoms with Gasteiger partial charge in [-0.15, -0.1) is 0 Å². The van der Waals surface area contributed by atoms with Crippen molar-refractivity contribution in [3.63, 3.8) is 0 Å². The van der Waals surface area contributed by atoms with E-state index in [2.05, 4.69) is 15.3 Å². The number of alkyl halides is 2. The Morgan fingerprint density at radius 1 is 1.29 bits per heavy atom. The SMILES string of the molecule is Nc1c(NCc2ccccc2Cl)nc(OC2CCC2)nc1N1CCC(F)(F)C1. The van der Waals surface area contributed by atoms with Gasteiger partial charge in [0.15, 0.2) is 11.6 Å². The second-order valence-corrected chi connectivity index (χ2v) is 7.64. The number of nitrogens with two attached hydrogens (primary N) is 1. The molecule has 0 atom stereocenters. The summed E-state index contributed by atoms with van der Waals surface area (Å²) >= 11 is 6.20. The van der Waals surface area contributed by atoms with Crippen molar-refractivity contribution in [2.75, 3.05) is 29.0 Å². The number of anilines is 3. The maximum atomic E-state index is 13.7. The minimum absolute atomic E-state index is 0.0629. The summed E-state index contributed by atoms with van der Waals surface area (Å²) in [6, 6.07) is 7.58. The molecule has 2 heterocycles. The summed E-state index contributed by atoms with van der Waals surface area (Å²) < 4.78 is 33.2. The molecule has 2 aromatic rings. The number of nitrogens with zero attached hydrogens (tertiary/aromatic N) is 3. The number of hydrogen-bond acceptors (Lipinski definition) is 6. The van der Waals surface area contributed by atoms with Crippen LogP contribution in [-0.2, 0) is 6.54 Å². The molecule has 6 nitrogen and oxygen atoms in total. The number of benzene rings is 1. The van der Waals surface area contributed by atoms with Crippen LogP contribution in [0.3, 0.4) is 0 Å². The number of halogens is 3. The minimum atomic E-state index is -2.75.